The normalized spacial score (nSPS) is 9.64. The number of carbonyl (C=O) groups is 1. The minimum Gasteiger partial charge on any atom is -0.422 e. The zero-order valence-corrected chi connectivity index (χ0v) is 10.7. The van der Waals surface area contributed by atoms with E-state index in [2.05, 4.69) is 38.4 Å². The molecule has 0 aliphatic rings. The molecular weight excluding hydrogens is 312 g/mol. The third kappa shape index (κ3) is 2.96. The fourth-order valence-electron chi connectivity index (χ4n) is 0.745. The number of hydrogen-bond acceptors (Lipinski definition) is 2. The Morgan fingerprint density at radius 3 is 2.57 bits per heavy atom. The molecule has 74 valence electrons. The lowest BCUT2D eigenvalue weighted by molar-refractivity contribution is -0.130. The second-order valence-electron chi connectivity index (χ2n) is 2.74. The monoisotopic (exact) mass is 318 g/mol. The first-order chi connectivity index (χ1) is 6.50. The van der Waals surface area contributed by atoms with Gasteiger partial charge in [-0.05, 0) is 41.1 Å². The lowest BCUT2D eigenvalue weighted by Gasteiger charge is -2.05. The lowest BCUT2D eigenvalue weighted by atomic mass is 10.3. The maximum atomic E-state index is 11.2. The van der Waals surface area contributed by atoms with E-state index in [1.54, 1.807) is 25.1 Å². The number of benzene rings is 1. The Balaban J connectivity index is 2.87. The van der Waals surface area contributed by atoms with Gasteiger partial charge in [0.1, 0.15) is 5.75 Å². The number of ether oxygens (including phenoxy) is 1. The van der Waals surface area contributed by atoms with Gasteiger partial charge in [-0.25, -0.2) is 4.79 Å². The minimum absolute atomic E-state index is 0.375. The van der Waals surface area contributed by atoms with Crippen molar-refractivity contribution in [3.05, 3.63) is 39.3 Å². The Kier molecular flexibility index (Phi) is 3.89. The molecule has 1 rings (SSSR count). The molecule has 0 aliphatic heterocycles. The molecule has 0 saturated heterocycles. The van der Waals surface area contributed by atoms with E-state index in [0.29, 0.717) is 11.3 Å². The van der Waals surface area contributed by atoms with Gasteiger partial charge in [-0.15, -0.1) is 0 Å². The van der Waals surface area contributed by atoms with Crippen molar-refractivity contribution in [2.45, 2.75) is 6.92 Å². The number of rotatable bonds is 2. The summed E-state index contributed by atoms with van der Waals surface area (Å²) in [6, 6.07) is 5.31. The van der Waals surface area contributed by atoms with E-state index in [1.165, 1.54) is 0 Å². The quantitative estimate of drug-likeness (QED) is 0.472. The topological polar surface area (TPSA) is 26.3 Å². The molecule has 0 amide bonds. The van der Waals surface area contributed by atoms with Gasteiger partial charge in [0.05, 0.1) is 4.47 Å². The molecule has 0 aromatic heterocycles. The Bertz CT molecular complexity index is 386. The van der Waals surface area contributed by atoms with Crippen LogP contribution in [0.15, 0.2) is 39.3 Å². The predicted molar refractivity (Wildman–Crippen MR) is 62.3 cm³/mol. The summed E-state index contributed by atoms with van der Waals surface area (Å²) < 4.78 is 6.70. The molecule has 0 atom stereocenters. The van der Waals surface area contributed by atoms with Gasteiger partial charge in [-0.2, -0.15) is 0 Å². The largest absolute Gasteiger partial charge is 0.422 e. The van der Waals surface area contributed by atoms with E-state index in [4.69, 9.17) is 4.74 Å². The van der Waals surface area contributed by atoms with Gasteiger partial charge in [0, 0.05) is 10.0 Å². The van der Waals surface area contributed by atoms with E-state index in [9.17, 15) is 4.79 Å². The van der Waals surface area contributed by atoms with E-state index in [1.807, 2.05) is 0 Å². The highest BCUT2D eigenvalue weighted by molar-refractivity contribution is 9.11. The van der Waals surface area contributed by atoms with E-state index >= 15 is 0 Å². The molecule has 4 heteroatoms. The molecule has 1 aromatic carbocycles. The average Bonchev–Trinajstić information content (AvgIpc) is 2.09. The summed E-state index contributed by atoms with van der Waals surface area (Å²) in [7, 11) is 0. The molecule has 1 aromatic rings. The number of esters is 1. The standard InChI is InChI=1S/C10H8Br2O2/c1-6(2)10(13)14-9-4-3-7(11)5-8(9)12/h3-5H,1H2,2H3. The van der Waals surface area contributed by atoms with Crippen molar-refractivity contribution in [2.24, 2.45) is 0 Å². The SMILES string of the molecule is C=C(C)C(=O)Oc1ccc(Br)cc1Br. The first-order valence-electron chi connectivity index (χ1n) is 3.83. The molecule has 0 saturated carbocycles. The zero-order chi connectivity index (χ0) is 10.7. The third-order valence-electron chi connectivity index (χ3n) is 1.45. The van der Waals surface area contributed by atoms with Crippen molar-refractivity contribution in [2.75, 3.05) is 0 Å². The van der Waals surface area contributed by atoms with Crippen molar-refractivity contribution in [3.8, 4) is 5.75 Å². The average molecular weight is 320 g/mol. The van der Waals surface area contributed by atoms with Crippen LogP contribution >= 0.6 is 31.9 Å². The highest BCUT2D eigenvalue weighted by atomic mass is 79.9. The molecule has 0 spiro atoms. The van der Waals surface area contributed by atoms with Crippen molar-refractivity contribution >= 4 is 37.8 Å². The van der Waals surface area contributed by atoms with Crippen LogP contribution in [0.3, 0.4) is 0 Å². The highest BCUT2D eigenvalue weighted by Gasteiger charge is 2.08. The molecule has 0 N–H and O–H groups in total. The molecule has 0 radical (unpaired) electrons. The summed E-state index contributed by atoms with van der Waals surface area (Å²) >= 11 is 6.59. The fourth-order valence-corrected chi connectivity index (χ4v) is 1.87. The van der Waals surface area contributed by atoms with Crippen LogP contribution in [-0.4, -0.2) is 5.97 Å². The Morgan fingerprint density at radius 2 is 2.07 bits per heavy atom. The van der Waals surface area contributed by atoms with E-state index < -0.39 is 5.97 Å². The first-order valence-corrected chi connectivity index (χ1v) is 5.42. The van der Waals surface area contributed by atoms with Gasteiger partial charge in [0.25, 0.3) is 0 Å². The molecule has 2 nitrogen and oxygen atoms in total. The molecule has 0 aliphatic carbocycles. The lowest BCUT2D eigenvalue weighted by Crippen LogP contribution is -2.08. The molecular formula is C10H8Br2O2. The maximum absolute atomic E-state index is 11.2. The molecule has 0 bridgehead atoms. The van der Waals surface area contributed by atoms with Crippen LogP contribution in [0, 0.1) is 0 Å². The summed E-state index contributed by atoms with van der Waals surface area (Å²) in [5.41, 5.74) is 0.375. The van der Waals surface area contributed by atoms with Gasteiger partial charge < -0.3 is 4.74 Å². The third-order valence-corrected chi connectivity index (χ3v) is 2.56. The summed E-state index contributed by atoms with van der Waals surface area (Å²) in [4.78, 5) is 11.2. The molecule has 0 unspecified atom stereocenters. The van der Waals surface area contributed by atoms with Crippen LogP contribution in [-0.2, 0) is 4.79 Å². The van der Waals surface area contributed by atoms with Crippen molar-refractivity contribution in [1.29, 1.82) is 0 Å². The summed E-state index contributed by atoms with van der Waals surface area (Å²) in [5.74, 6) is 0.0641. The van der Waals surface area contributed by atoms with Crippen LogP contribution < -0.4 is 4.74 Å². The van der Waals surface area contributed by atoms with Crippen LogP contribution in [0.4, 0.5) is 0 Å². The van der Waals surface area contributed by atoms with Gasteiger partial charge >= 0.3 is 5.97 Å². The Hall–Kier alpha value is -0.610. The number of halogens is 2. The predicted octanol–water partition coefficient (Wildman–Crippen LogP) is 3.69. The van der Waals surface area contributed by atoms with Gasteiger partial charge in [-0.3, -0.25) is 0 Å². The Morgan fingerprint density at radius 1 is 1.43 bits per heavy atom. The van der Waals surface area contributed by atoms with Gasteiger partial charge in [-0.1, -0.05) is 22.5 Å². The van der Waals surface area contributed by atoms with Crippen LogP contribution in [0.25, 0.3) is 0 Å². The van der Waals surface area contributed by atoms with E-state index in [0.717, 1.165) is 8.95 Å². The van der Waals surface area contributed by atoms with Crippen LogP contribution in [0.2, 0.25) is 0 Å². The maximum Gasteiger partial charge on any atom is 0.338 e. The molecule has 14 heavy (non-hydrogen) atoms. The minimum atomic E-state index is -0.423. The van der Waals surface area contributed by atoms with Gasteiger partial charge in [0.15, 0.2) is 0 Å². The number of carbonyl (C=O) groups excluding carboxylic acids is 1. The van der Waals surface area contributed by atoms with Crippen molar-refractivity contribution in [1.82, 2.24) is 0 Å². The second kappa shape index (κ2) is 4.75. The Labute approximate surface area is 99.2 Å². The van der Waals surface area contributed by atoms with E-state index in [-0.39, 0.29) is 0 Å². The number of hydrogen-bond donors (Lipinski definition) is 0. The first kappa shape index (κ1) is 11.5. The summed E-state index contributed by atoms with van der Waals surface area (Å²) in [5, 5.41) is 0. The molecule has 0 heterocycles. The second-order valence-corrected chi connectivity index (χ2v) is 4.51. The van der Waals surface area contributed by atoms with Crippen molar-refractivity contribution in [3.63, 3.8) is 0 Å². The van der Waals surface area contributed by atoms with Gasteiger partial charge in [0.2, 0.25) is 0 Å². The smallest absolute Gasteiger partial charge is 0.338 e. The summed E-state index contributed by atoms with van der Waals surface area (Å²) in [6.45, 7) is 5.11. The van der Waals surface area contributed by atoms with Crippen LogP contribution in [0.1, 0.15) is 6.92 Å². The summed E-state index contributed by atoms with van der Waals surface area (Å²) in [6.07, 6.45) is 0. The molecule has 0 fully saturated rings. The fraction of sp³-hybridized carbons (Fsp3) is 0.100. The highest BCUT2D eigenvalue weighted by Crippen LogP contribution is 2.28. The zero-order valence-electron chi connectivity index (χ0n) is 7.51. The van der Waals surface area contributed by atoms with Crippen molar-refractivity contribution < 1.29 is 9.53 Å². The van der Waals surface area contributed by atoms with Crippen LogP contribution in [0.5, 0.6) is 5.75 Å².